The Morgan fingerprint density at radius 3 is 2.47 bits per heavy atom. The van der Waals surface area contributed by atoms with E-state index in [-0.39, 0.29) is 5.54 Å². The van der Waals surface area contributed by atoms with Crippen LogP contribution in [0.4, 0.5) is 5.82 Å². The van der Waals surface area contributed by atoms with Crippen molar-refractivity contribution in [2.45, 2.75) is 53.0 Å². The van der Waals surface area contributed by atoms with Crippen LogP contribution in [-0.4, -0.2) is 15.7 Å². The van der Waals surface area contributed by atoms with Crippen LogP contribution in [0.5, 0.6) is 0 Å². The van der Waals surface area contributed by atoms with Crippen molar-refractivity contribution in [2.24, 2.45) is 0 Å². The average Bonchev–Trinajstić information content (AvgIpc) is 2.23. The molecule has 0 fully saturated rings. The van der Waals surface area contributed by atoms with E-state index in [2.05, 4.69) is 42.4 Å². The summed E-state index contributed by atoms with van der Waals surface area (Å²) in [5.41, 5.74) is 2.23. The zero-order valence-corrected chi connectivity index (χ0v) is 11.3. The summed E-state index contributed by atoms with van der Waals surface area (Å²) in [5.74, 6) is 0.592. The van der Waals surface area contributed by atoms with E-state index in [0.29, 0.717) is 11.4 Å². The van der Waals surface area contributed by atoms with Crippen LogP contribution in [0.1, 0.15) is 50.4 Å². The minimum absolute atomic E-state index is 0.0727. The van der Waals surface area contributed by atoms with Crippen molar-refractivity contribution in [1.82, 2.24) is 10.2 Å². The molecule has 1 heterocycles. The fourth-order valence-corrected chi connectivity index (χ4v) is 1.84. The first-order valence-electron chi connectivity index (χ1n) is 5.93. The lowest BCUT2D eigenvalue weighted by Gasteiger charge is -2.26. The molecule has 1 rings (SSSR count). The van der Waals surface area contributed by atoms with E-state index in [9.17, 15) is 5.26 Å². The van der Waals surface area contributed by atoms with Crippen LogP contribution in [0.2, 0.25) is 0 Å². The fraction of sp³-hybridized carbons (Fsp3) is 0.615. The lowest BCUT2D eigenvalue weighted by atomic mass is 9.98. The highest BCUT2D eigenvalue weighted by atomic mass is 15.2. The number of nitrogens with zero attached hydrogens (tertiary/aromatic N) is 3. The Morgan fingerprint density at radius 2 is 1.94 bits per heavy atom. The van der Waals surface area contributed by atoms with Crippen molar-refractivity contribution in [1.29, 1.82) is 5.26 Å². The van der Waals surface area contributed by atoms with Gasteiger partial charge in [-0.15, -0.1) is 5.10 Å². The third-order valence-electron chi connectivity index (χ3n) is 2.90. The van der Waals surface area contributed by atoms with Gasteiger partial charge in [-0.1, -0.05) is 13.3 Å². The third kappa shape index (κ3) is 3.16. The largest absolute Gasteiger partial charge is 0.363 e. The maximum Gasteiger partial charge on any atom is 0.167 e. The number of nitrogens with one attached hydrogen (secondary N) is 1. The van der Waals surface area contributed by atoms with Gasteiger partial charge in [0.25, 0.3) is 0 Å². The van der Waals surface area contributed by atoms with Crippen LogP contribution in [-0.2, 0) is 0 Å². The predicted molar refractivity (Wildman–Crippen MR) is 68.8 cm³/mol. The molecule has 1 aromatic rings. The smallest absolute Gasteiger partial charge is 0.167 e. The second-order valence-corrected chi connectivity index (χ2v) is 5.00. The van der Waals surface area contributed by atoms with Crippen molar-refractivity contribution in [2.75, 3.05) is 5.32 Å². The normalized spacial score (nSPS) is 11.1. The second-order valence-electron chi connectivity index (χ2n) is 5.00. The molecule has 4 nitrogen and oxygen atoms in total. The molecule has 0 radical (unpaired) electrons. The molecule has 0 aliphatic rings. The van der Waals surface area contributed by atoms with E-state index in [1.165, 1.54) is 0 Å². The van der Waals surface area contributed by atoms with Gasteiger partial charge in [0, 0.05) is 5.54 Å². The van der Waals surface area contributed by atoms with Gasteiger partial charge in [0.05, 0.1) is 5.69 Å². The number of hydrogen-bond acceptors (Lipinski definition) is 4. The summed E-state index contributed by atoms with van der Waals surface area (Å²) in [4.78, 5) is 0. The van der Waals surface area contributed by atoms with Crippen LogP contribution in [0.3, 0.4) is 0 Å². The summed E-state index contributed by atoms with van der Waals surface area (Å²) >= 11 is 0. The number of hydrogen-bond donors (Lipinski definition) is 1. The Hall–Kier alpha value is -1.63. The number of aromatic nitrogens is 2. The highest BCUT2D eigenvalue weighted by Gasteiger charge is 2.20. The molecule has 0 aromatic carbocycles. The summed E-state index contributed by atoms with van der Waals surface area (Å²) in [6.07, 6.45) is 2.10. The summed E-state index contributed by atoms with van der Waals surface area (Å²) in [6.45, 7) is 10.1. The standard InChI is InChI=1S/C13H20N4/c1-6-7-13(4,5)15-12-11(8-14)9(2)10(3)16-17-12/h6-7H2,1-5H3,(H,15,17). The first-order chi connectivity index (χ1) is 7.91. The maximum atomic E-state index is 9.19. The van der Waals surface area contributed by atoms with Crippen molar-refractivity contribution in [3.8, 4) is 6.07 Å². The van der Waals surface area contributed by atoms with Crippen LogP contribution in [0.15, 0.2) is 0 Å². The molecule has 0 saturated heterocycles. The van der Waals surface area contributed by atoms with E-state index in [4.69, 9.17) is 0 Å². The van der Waals surface area contributed by atoms with Gasteiger partial charge in [0.1, 0.15) is 11.6 Å². The van der Waals surface area contributed by atoms with Crippen molar-refractivity contribution in [3.63, 3.8) is 0 Å². The van der Waals surface area contributed by atoms with Gasteiger partial charge in [-0.25, -0.2) is 0 Å². The Morgan fingerprint density at radius 1 is 1.29 bits per heavy atom. The van der Waals surface area contributed by atoms with Gasteiger partial charge >= 0.3 is 0 Å². The molecule has 0 amide bonds. The lowest BCUT2D eigenvalue weighted by Crippen LogP contribution is -2.31. The monoisotopic (exact) mass is 232 g/mol. The highest BCUT2D eigenvalue weighted by molar-refractivity contribution is 5.56. The van der Waals surface area contributed by atoms with Crippen molar-refractivity contribution >= 4 is 5.82 Å². The molecule has 1 N–H and O–H groups in total. The van der Waals surface area contributed by atoms with Gasteiger partial charge in [-0.3, -0.25) is 0 Å². The molecular formula is C13H20N4. The molecule has 0 bridgehead atoms. The quantitative estimate of drug-likeness (QED) is 0.867. The van der Waals surface area contributed by atoms with Crippen LogP contribution < -0.4 is 5.32 Å². The first-order valence-corrected chi connectivity index (χ1v) is 5.93. The summed E-state index contributed by atoms with van der Waals surface area (Å²) < 4.78 is 0. The summed E-state index contributed by atoms with van der Waals surface area (Å²) in [5, 5.41) is 20.7. The summed E-state index contributed by atoms with van der Waals surface area (Å²) in [6, 6.07) is 2.20. The molecule has 0 unspecified atom stereocenters. The topological polar surface area (TPSA) is 61.6 Å². The molecule has 0 aliphatic carbocycles. The minimum Gasteiger partial charge on any atom is -0.363 e. The molecule has 92 valence electrons. The number of rotatable bonds is 4. The van der Waals surface area contributed by atoms with Gasteiger partial charge in [-0.2, -0.15) is 10.4 Å². The number of aryl methyl sites for hydroxylation is 1. The van der Waals surface area contributed by atoms with Gasteiger partial charge in [0.2, 0.25) is 0 Å². The van der Waals surface area contributed by atoms with Crippen molar-refractivity contribution in [3.05, 3.63) is 16.8 Å². The van der Waals surface area contributed by atoms with E-state index >= 15 is 0 Å². The molecule has 0 saturated carbocycles. The van der Waals surface area contributed by atoms with E-state index < -0.39 is 0 Å². The summed E-state index contributed by atoms with van der Waals surface area (Å²) in [7, 11) is 0. The van der Waals surface area contributed by atoms with Gasteiger partial charge in [0.15, 0.2) is 5.82 Å². The second kappa shape index (κ2) is 5.13. The third-order valence-corrected chi connectivity index (χ3v) is 2.90. The SMILES string of the molecule is CCCC(C)(C)Nc1nnc(C)c(C)c1C#N. The van der Waals surface area contributed by atoms with E-state index in [1.807, 2.05) is 13.8 Å². The molecule has 0 atom stereocenters. The maximum absolute atomic E-state index is 9.19. The zero-order valence-electron chi connectivity index (χ0n) is 11.3. The molecule has 0 aliphatic heterocycles. The molecule has 0 spiro atoms. The molecule has 17 heavy (non-hydrogen) atoms. The molecular weight excluding hydrogens is 212 g/mol. The van der Waals surface area contributed by atoms with Crippen molar-refractivity contribution < 1.29 is 0 Å². The van der Waals surface area contributed by atoms with Crippen LogP contribution in [0, 0.1) is 25.2 Å². The van der Waals surface area contributed by atoms with Crippen LogP contribution >= 0.6 is 0 Å². The average molecular weight is 232 g/mol. The Kier molecular flexibility index (Phi) is 4.06. The van der Waals surface area contributed by atoms with Gasteiger partial charge in [-0.05, 0) is 39.7 Å². The number of anilines is 1. The fourth-order valence-electron chi connectivity index (χ4n) is 1.84. The van der Waals surface area contributed by atoms with Gasteiger partial charge < -0.3 is 5.32 Å². The lowest BCUT2D eigenvalue weighted by molar-refractivity contribution is 0.508. The highest BCUT2D eigenvalue weighted by Crippen LogP contribution is 2.23. The Labute approximate surface area is 103 Å². The number of nitriles is 1. The predicted octanol–water partition coefficient (Wildman–Crippen LogP) is 2.96. The first kappa shape index (κ1) is 13.4. The van der Waals surface area contributed by atoms with Crippen LogP contribution in [0.25, 0.3) is 0 Å². The Bertz CT molecular complexity index is 443. The molecule has 1 aromatic heterocycles. The van der Waals surface area contributed by atoms with E-state index in [1.54, 1.807) is 0 Å². The minimum atomic E-state index is -0.0727. The zero-order chi connectivity index (χ0) is 13.1. The van der Waals surface area contributed by atoms with E-state index in [0.717, 1.165) is 24.1 Å². The molecule has 4 heteroatoms. The Balaban J connectivity index is 3.08.